The molecule has 0 aromatic heterocycles. The smallest absolute Gasteiger partial charge is 0.335 e. The van der Waals surface area contributed by atoms with Gasteiger partial charge in [-0.2, -0.15) is 0 Å². The fraction of sp³-hybridized carbons (Fsp3) is 0.0556. The van der Waals surface area contributed by atoms with Crippen molar-refractivity contribution in [1.29, 1.82) is 0 Å². The quantitative estimate of drug-likeness (QED) is 0.555. The molecule has 1 saturated heterocycles. The molecular weight excluding hydrogens is 424 g/mol. The number of nitrogens with zero attached hydrogens (tertiary/aromatic N) is 1. The van der Waals surface area contributed by atoms with Crippen molar-refractivity contribution in [3.05, 3.63) is 62.6 Å². The lowest BCUT2D eigenvalue weighted by molar-refractivity contribution is -0.122. The summed E-state index contributed by atoms with van der Waals surface area (Å²) in [5.41, 5.74) is 1.16. The Morgan fingerprint density at radius 3 is 2.46 bits per heavy atom. The number of barbiturate groups is 1. The van der Waals surface area contributed by atoms with E-state index in [1.54, 1.807) is 24.3 Å². The number of benzene rings is 2. The predicted molar refractivity (Wildman–Crippen MR) is 101 cm³/mol. The van der Waals surface area contributed by atoms with Crippen LogP contribution in [0.4, 0.5) is 10.5 Å². The van der Waals surface area contributed by atoms with Crippen molar-refractivity contribution in [2.75, 3.05) is 4.90 Å². The molecule has 1 fully saturated rings. The lowest BCUT2D eigenvalue weighted by Crippen LogP contribution is -2.54. The summed E-state index contributed by atoms with van der Waals surface area (Å²) in [6.07, 6.45) is 1.19. The molecule has 1 aliphatic heterocycles. The number of aromatic hydroxyl groups is 1. The highest BCUT2D eigenvalue weighted by Crippen LogP contribution is 2.33. The molecule has 6 nitrogen and oxygen atoms in total. The van der Waals surface area contributed by atoms with Gasteiger partial charge in [-0.15, -0.1) is 0 Å². The van der Waals surface area contributed by atoms with E-state index < -0.39 is 17.8 Å². The molecule has 2 N–H and O–H groups in total. The summed E-state index contributed by atoms with van der Waals surface area (Å²) < 4.78 is 0.558. The highest BCUT2D eigenvalue weighted by molar-refractivity contribution is 9.10. The third-order valence-corrected chi connectivity index (χ3v) is 4.50. The number of hydrogen-bond donors (Lipinski definition) is 2. The maximum atomic E-state index is 12.8. The number of amides is 4. The molecule has 132 valence electrons. The predicted octanol–water partition coefficient (Wildman–Crippen LogP) is 3.78. The van der Waals surface area contributed by atoms with Crippen LogP contribution in [0.15, 0.2) is 46.4 Å². The fourth-order valence-corrected chi connectivity index (χ4v) is 3.27. The van der Waals surface area contributed by atoms with Gasteiger partial charge >= 0.3 is 6.03 Å². The number of imide groups is 2. The lowest BCUT2D eigenvalue weighted by atomic mass is 10.1. The van der Waals surface area contributed by atoms with Gasteiger partial charge in [0.15, 0.2) is 0 Å². The molecule has 0 atom stereocenters. The molecule has 26 heavy (non-hydrogen) atoms. The van der Waals surface area contributed by atoms with Crippen molar-refractivity contribution in [2.45, 2.75) is 6.92 Å². The minimum Gasteiger partial charge on any atom is -0.506 e. The molecule has 2 aromatic rings. The zero-order valence-electron chi connectivity index (χ0n) is 13.4. The molecule has 0 saturated carbocycles. The van der Waals surface area contributed by atoms with Crippen molar-refractivity contribution < 1.29 is 19.5 Å². The molecule has 1 aliphatic rings. The van der Waals surface area contributed by atoms with Crippen LogP contribution in [-0.4, -0.2) is 23.0 Å². The number of phenols is 1. The minimum absolute atomic E-state index is 0.0568. The summed E-state index contributed by atoms with van der Waals surface area (Å²) in [4.78, 5) is 37.9. The first-order chi connectivity index (χ1) is 12.3. The van der Waals surface area contributed by atoms with Crippen LogP contribution >= 0.6 is 27.5 Å². The van der Waals surface area contributed by atoms with Crippen molar-refractivity contribution in [3.63, 3.8) is 0 Å². The van der Waals surface area contributed by atoms with E-state index in [4.69, 9.17) is 11.6 Å². The molecule has 4 amide bonds. The maximum absolute atomic E-state index is 12.8. The number of rotatable bonds is 2. The van der Waals surface area contributed by atoms with E-state index in [-0.39, 0.29) is 21.9 Å². The van der Waals surface area contributed by atoms with Gasteiger partial charge in [-0.05, 0) is 37.3 Å². The number of hydrogen-bond acceptors (Lipinski definition) is 4. The monoisotopic (exact) mass is 434 g/mol. The van der Waals surface area contributed by atoms with Gasteiger partial charge in [-0.1, -0.05) is 45.2 Å². The molecule has 0 bridgehead atoms. The highest BCUT2D eigenvalue weighted by atomic mass is 79.9. The zero-order valence-corrected chi connectivity index (χ0v) is 15.8. The number of halogens is 2. The van der Waals surface area contributed by atoms with Crippen molar-refractivity contribution in [3.8, 4) is 5.75 Å². The van der Waals surface area contributed by atoms with E-state index in [9.17, 15) is 19.5 Å². The average molecular weight is 436 g/mol. The van der Waals surface area contributed by atoms with E-state index in [1.165, 1.54) is 18.2 Å². The Hall–Kier alpha value is -2.64. The Bertz CT molecular complexity index is 970. The molecule has 8 heteroatoms. The summed E-state index contributed by atoms with van der Waals surface area (Å²) >= 11 is 9.15. The summed E-state index contributed by atoms with van der Waals surface area (Å²) in [6.45, 7) is 1.87. The van der Waals surface area contributed by atoms with E-state index in [2.05, 4.69) is 21.2 Å². The van der Waals surface area contributed by atoms with Crippen LogP contribution in [0.5, 0.6) is 5.75 Å². The summed E-state index contributed by atoms with van der Waals surface area (Å²) in [5.74, 6) is -1.92. The molecule has 0 unspecified atom stereocenters. The zero-order chi connectivity index (χ0) is 19.0. The summed E-state index contributed by atoms with van der Waals surface area (Å²) in [5, 5.41) is 12.3. The van der Waals surface area contributed by atoms with Gasteiger partial charge < -0.3 is 5.11 Å². The number of nitrogens with one attached hydrogen (secondary N) is 1. The summed E-state index contributed by atoms with van der Waals surface area (Å²) in [6, 6.07) is 8.84. The summed E-state index contributed by atoms with van der Waals surface area (Å²) in [7, 11) is 0. The Kier molecular flexibility index (Phi) is 4.84. The molecule has 3 rings (SSSR count). The molecule has 2 aromatic carbocycles. The Morgan fingerprint density at radius 1 is 1.15 bits per heavy atom. The van der Waals surface area contributed by atoms with E-state index in [0.717, 1.165) is 10.5 Å². The van der Waals surface area contributed by atoms with Crippen molar-refractivity contribution >= 4 is 57.1 Å². The van der Waals surface area contributed by atoms with Crippen LogP contribution in [0.3, 0.4) is 0 Å². The van der Waals surface area contributed by atoms with E-state index >= 15 is 0 Å². The first-order valence-corrected chi connectivity index (χ1v) is 8.61. The molecule has 0 aliphatic carbocycles. The highest BCUT2D eigenvalue weighted by Gasteiger charge is 2.37. The number of anilines is 1. The van der Waals surface area contributed by atoms with E-state index in [1.807, 2.05) is 6.92 Å². The van der Waals surface area contributed by atoms with Crippen LogP contribution in [-0.2, 0) is 9.59 Å². The van der Waals surface area contributed by atoms with Gasteiger partial charge in [0.25, 0.3) is 11.8 Å². The SMILES string of the molecule is Cc1ccc(N2C(=O)NC(=O)/C(=C/c3cc(Br)cc(Cl)c3O)C2=O)cc1. The van der Waals surface area contributed by atoms with Crippen LogP contribution in [0, 0.1) is 6.92 Å². The van der Waals surface area contributed by atoms with Crippen molar-refractivity contribution in [2.24, 2.45) is 0 Å². The number of phenolic OH excluding ortho intramolecular Hbond substituents is 1. The molecule has 0 radical (unpaired) electrons. The second-order valence-corrected chi connectivity index (χ2v) is 6.94. The number of carbonyl (C=O) groups is 3. The fourth-order valence-electron chi connectivity index (χ4n) is 2.44. The molecular formula is C18H12BrClN2O4. The third kappa shape index (κ3) is 3.36. The largest absolute Gasteiger partial charge is 0.506 e. The number of carbonyl (C=O) groups excluding carboxylic acids is 3. The van der Waals surface area contributed by atoms with Gasteiger partial charge in [0.1, 0.15) is 11.3 Å². The minimum atomic E-state index is -0.848. The van der Waals surface area contributed by atoms with Crippen molar-refractivity contribution in [1.82, 2.24) is 5.32 Å². The molecule has 1 heterocycles. The first-order valence-electron chi connectivity index (χ1n) is 7.44. The molecule has 0 spiro atoms. The van der Waals surface area contributed by atoms with Crippen LogP contribution < -0.4 is 10.2 Å². The topological polar surface area (TPSA) is 86.7 Å². The lowest BCUT2D eigenvalue weighted by Gasteiger charge is -2.26. The Morgan fingerprint density at radius 2 is 1.81 bits per heavy atom. The van der Waals surface area contributed by atoms with E-state index in [0.29, 0.717) is 10.2 Å². The van der Waals surface area contributed by atoms with Gasteiger partial charge in [0.05, 0.1) is 10.7 Å². The maximum Gasteiger partial charge on any atom is 0.335 e. The second kappa shape index (κ2) is 6.93. The Balaban J connectivity index is 2.07. The van der Waals surface area contributed by atoms with Crippen LogP contribution in [0.25, 0.3) is 6.08 Å². The average Bonchev–Trinajstić information content (AvgIpc) is 2.57. The van der Waals surface area contributed by atoms with Crippen LogP contribution in [0.1, 0.15) is 11.1 Å². The normalized spacial score (nSPS) is 16.2. The van der Waals surface area contributed by atoms with Crippen LogP contribution in [0.2, 0.25) is 5.02 Å². The van der Waals surface area contributed by atoms with Gasteiger partial charge in [0.2, 0.25) is 0 Å². The van der Waals surface area contributed by atoms with Gasteiger partial charge in [-0.3, -0.25) is 14.9 Å². The second-order valence-electron chi connectivity index (χ2n) is 5.62. The first kappa shape index (κ1) is 18.2. The van der Waals surface area contributed by atoms with Gasteiger partial charge in [-0.25, -0.2) is 9.69 Å². The van der Waals surface area contributed by atoms with Gasteiger partial charge in [0, 0.05) is 10.0 Å². The third-order valence-electron chi connectivity index (χ3n) is 3.75. The number of urea groups is 1. The Labute approximate surface area is 162 Å². The number of aryl methyl sites for hydroxylation is 1. The standard InChI is InChI=1S/C18H12BrClN2O4/c1-9-2-4-12(5-3-9)22-17(25)13(16(24)21-18(22)26)7-10-6-11(19)8-14(20)15(10)23/h2-8,23H,1H3,(H,21,24,26)/b13-7-.